The molecule has 0 aliphatic heterocycles. The van der Waals surface area contributed by atoms with Crippen molar-refractivity contribution in [1.29, 1.82) is 0 Å². The molecule has 0 unspecified atom stereocenters. The number of carbonyl (C=O) groups is 1. The first-order chi connectivity index (χ1) is 7.19. The van der Waals surface area contributed by atoms with Crippen molar-refractivity contribution in [3.63, 3.8) is 0 Å². The zero-order chi connectivity index (χ0) is 11.3. The smallest absolute Gasteiger partial charge is 0.257 e. The summed E-state index contributed by atoms with van der Waals surface area (Å²) in [5.41, 5.74) is 6.30. The van der Waals surface area contributed by atoms with Crippen molar-refractivity contribution in [3.8, 4) is 5.75 Å². The number of rotatable bonds is 4. The molecule has 5 heteroatoms. The molecule has 0 atom stereocenters. The van der Waals surface area contributed by atoms with Crippen LogP contribution in [0.1, 0.15) is 5.56 Å². The molecule has 0 saturated heterocycles. The van der Waals surface area contributed by atoms with E-state index in [0.29, 0.717) is 17.3 Å². The summed E-state index contributed by atoms with van der Waals surface area (Å²) in [4.78, 5) is 11.0. The van der Waals surface area contributed by atoms with Crippen molar-refractivity contribution < 1.29 is 9.53 Å². The molecular weight excluding hydrogens is 216 g/mol. The third-order valence-corrected chi connectivity index (χ3v) is 2.19. The van der Waals surface area contributed by atoms with E-state index in [1.807, 2.05) is 6.07 Å². The average molecular weight is 229 g/mol. The standard InChI is InChI=1S/C10H13ClN2O2/c1-13-9(14)6-15-10-7(5-12)3-2-4-8(10)11/h2-4H,5-6,12H2,1H3,(H,13,14). The monoisotopic (exact) mass is 228 g/mol. The Labute approximate surface area is 93.4 Å². The Morgan fingerprint density at radius 3 is 2.93 bits per heavy atom. The lowest BCUT2D eigenvalue weighted by Crippen LogP contribution is -2.25. The van der Waals surface area contributed by atoms with Crippen molar-refractivity contribution in [2.75, 3.05) is 13.7 Å². The van der Waals surface area contributed by atoms with Crippen molar-refractivity contribution in [2.24, 2.45) is 5.73 Å². The molecule has 0 spiro atoms. The van der Waals surface area contributed by atoms with Crippen LogP contribution in [0.5, 0.6) is 5.75 Å². The molecule has 0 aliphatic carbocycles. The molecule has 4 nitrogen and oxygen atoms in total. The van der Waals surface area contributed by atoms with Gasteiger partial charge in [0.05, 0.1) is 5.02 Å². The average Bonchev–Trinajstić information content (AvgIpc) is 2.26. The van der Waals surface area contributed by atoms with E-state index in [4.69, 9.17) is 22.1 Å². The van der Waals surface area contributed by atoms with Gasteiger partial charge in [-0.15, -0.1) is 0 Å². The summed E-state index contributed by atoms with van der Waals surface area (Å²) in [5.74, 6) is 0.267. The summed E-state index contributed by atoms with van der Waals surface area (Å²) in [5, 5.41) is 2.91. The highest BCUT2D eigenvalue weighted by Gasteiger charge is 2.08. The first kappa shape index (κ1) is 11.8. The fourth-order valence-corrected chi connectivity index (χ4v) is 1.33. The van der Waals surface area contributed by atoms with E-state index in [9.17, 15) is 4.79 Å². The predicted molar refractivity (Wildman–Crippen MR) is 58.9 cm³/mol. The quantitative estimate of drug-likeness (QED) is 0.806. The van der Waals surface area contributed by atoms with Crippen LogP contribution in [0.4, 0.5) is 0 Å². The van der Waals surface area contributed by atoms with E-state index >= 15 is 0 Å². The number of amides is 1. The summed E-state index contributed by atoms with van der Waals surface area (Å²) >= 11 is 5.92. The Bertz CT molecular complexity index is 355. The van der Waals surface area contributed by atoms with Crippen molar-refractivity contribution in [3.05, 3.63) is 28.8 Å². The van der Waals surface area contributed by atoms with Crippen LogP contribution in [0.25, 0.3) is 0 Å². The molecule has 3 N–H and O–H groups in total. The van der Waals surface area contributed by atoms with Crippen LogP contribution < -0.4 is 15.8 Å². The van der Waals surface area contributed by atoms with Gasteiger partial charge in [0.2, 0.25) is 0 Å². The summed E-state index contributed by atoms with van der Waals surface area (Å²) in [6.45, 7) is 0.261. The second-order valence-electron chi connectivity index (χ2n) is 2.89. The van der Waals surface area contributed by atoms with Crippen LogP contribution in [0.3, 0.4) is 0 Å². The molecule has 1 aromatic carbocycles. The van der Waals surface area contributed by atoms with Crippen molar-refractivity contribution in [2.45, 2.75) is 6.54 Å². The summed E-state index contributed by atoms with van der Waals surface area (Å²) < 4.78 is 5.29. The van der Waals surface area contributed by atoms with Crippen LogP contribution in [0.2, 0.25) is 5.02 Å². The molecule has 0 bridgehead atoms. The highest BCUT2D eigenvalue weighted by atomic mass is 35.5. The Hall–Kier alpha value is -1.26. The molecule has 0 aromatic heterocycles. The van der Waals surface area contributed by atoms with Gasteiger partial charge < -0.3 is 15.8 Å². The minimum absolute atomic E-state index is 0.0623. The number of ether oxygens (including phenoxy) is 1. The van der Waals surface area contributed by atoms with Crippen LogP contribution in [-0.4, -0.2) is 19.6 Å². The highest BCUT2D eigenvalue weighted by molar-refractivity contribution is 6.32. The maximum atomic E-state index is 11.0. The SMILES string of the molecule is CNC(=O)COc1c(Cl)cccc1CN. The zero-order valence-electron chi connectivity index (χ0n) is 8.42. The molecule has 15 heavy (non-hydrogen) atoms. The van der Waals surface area contributed by atoms with Gasteiger partial charge in [0.15, 0.2) is 6.61 Å². The van der Waals surface area contributed by atoms with E-state index < -0.39 is 0 Å². The maximum absolute atomic E-state index is 11.0. The van der Waals surface area contributed by atoms with Crippen LogP contribution in [0, 0.1) is 0 Å². The Balaban J connectivity index is 2.78. The highest BCUT2D eigenvalue weighted by Crippen LogP contribution is 2.28. The molecule has 0 saturated carbocycles. The Kier molecular flexibility index (Phi) is 4.39. The van der Waals surface area contributed by atoms with Gasteiger partial charge in [-0.25, -0.2) is 0 Å². The molecule has 0 heterocycles. The predicted octanol–water partition coefficient (Wildman–Crippen LogP) is 0.923. The third-order valence-electron chi connectivity index (χ3n) is 1.89. The molecular formula is C10H13ClN2O2. The molecule has 0 fully saturated rings. The lowest BCUT2D eigenvalue weighted by molar-refractivity contribution is -0.122. The molecule has 1 amide bonds. The molecule has 0 radical (unpaired) electrons. The summed E-state index contributed by atoms with van der Waals surface area (Å²) in [6, 6.07) is 5.29. The number of hydrogen-bond donors (Lipinski definition) is 2. The van der Waals surface area contributed by atoms with E-state index in [-0.39, 0.29) is 12.5 Å². The van der Waals surface area contributed by atoms with Gasteiger partial charge in [-0.1, -0.05) is 23.7 Å². The molecule has 1 rings (SSSR count). The Morgan fingerprint density at radius 2 is 2.33 bits per heavy atom. The van der Waals surface area contributed by atoms with Gasteiger partial charge in [0.1, 0.15) is 5.75 Å². The molecule has 0 aliphatic rings. The lowest BCUT2D eigenvalue weighted by atomic mass is 10.2. The minimum Gasteiger partial charge on any atom is -0.482 e. The Morgan fingerprint density at radius 1 is 1.60 bits per heavy atom. The van der Waals surface area contributed by atoms with Gasteiger partial charge in [-0.2, -0.15) is 0 Å². The summed E-state index contributed by atoms with van der Waals surface area (Å²) in [7, 11) is 1.54. The van der Waals surface area contributed by atoms with Crippen LogP contribution in [0.15, 0.2) is 18.2 Å². The van der Waals surface area contributed by atoms with Gasteiger partial charge in [0, 0.05) is 19.2 Å². The first-order valence-corrected chi connectivity index (χ1v) is 4.87. The number of para-hydroxylation sites is 1. The lowest BCUT2D eigenvalue weighted by Gasteiger charge is -2.11. The second kappa shape index (κ2) is 5.58. The van der Waals surface area contributed by atoms with E-state index in [0.717, 1.165) is 5.56 Å². The van der Waals surface area contributed by atoms with E-state index in [2.05, 4.69) is 5.32 Å². The topological polar surface area (TPSA) is 64.3 Å². The normalized spacial score (nSPS) is 9.80. The molecule has 1 aromatic rings. The van der Waals surface area contributed by atoms with Gasteiger partial charge in [-0.3, -0.25) is 4.79 Å². The summed E-state index contributed by atoms with van der Waals surface area (Å²) in [6.07, 6.45) is 0. The fourth-order valence-electron chi connectivity index (χ4n) is 1.09. The number of likely N-dealkylation sites (N-methyl/N-ethyl adjacent to an activating group) is 1. The van der Waals surface area contributed by atoms with Gasteiger partial charge in [0.25, 0.3) is 5.91 Å². The maximum Gasteiger partial charge on any atom is 0.257 e. The number of halogens is 1. The third kappa shape index (κ3) is 3.11. The van der Waals surface area contributed by atoms with Crippen molar-refractivity contribution >= 4 is 17.5 Å². The number of nitrogens with two attached hydrogens (primary N) is 1. The van der Waals surface area contributed by atoms with E-state index in [1.165, 1.54) is 0 Å². The van der Waals surface area contributed by atoms with Crippen LogP contribution in [-0.2, 0) is 11.3 Å². The van der Waals surface area contributed by atoms with Gasteiger partial charge in [-0.05, 0) is 6.07 Å². The van der Waals surface area contributed by atoms with Crippen LogP contribution >= 0.6 is 11.6 Å². The van der Waals surface area contributed by atoms with Gasteiger partial charge >= 0.3 is 0 Å². The van der Waals surface area contributed by atoms with E-state index in [1.54, 1.807) is 19.2 Å². The van der Waals surface area contributed by atoms with Crippen molar-refractivity contribution in [1.82, 2.24) is 5.32 Å². The zero-order valence-corrected chi connectivity index (χ0v) is 9.17. The first-order valence-electron chi connectivity index (χ1n) is 4.50. The number of benzene rings is 1. The fraction of sp³-hybridized carbons (Fsp3) is 0.300. The molecule has 82 valence electrons. The number of hydrogen-bond acceptors (Lipinski definition) is 3. The minimum atomic E-state index is -0.210. The number of carbonyl (C=O) groups excluding carboxylic acids is 1. The number of nitrogens with one attached hydrogen (secondary N) is 1. The second-order valence-corrected chi connectivity index (χ2v) is 3.30. The largest absolute Gasteiger partial charge is 0.482 e.